The molecule has 0 aromatic heterocycles. The van der Waals surface area contributed by atoms with Gasteiger partial charge in [-0.1, -0.05) is 36.4 Å². The van der Waals surface area contributed by atoms with E-state index in [-0.39, 0.29) is 6.03 Å². The molecule has 122 valence electrons. The number of hydrogen-bond acceptors (Lipinski definition) is 3. The molecule has 5 nitrogen and oxygen atoms in total. The summed E-state index contributed by atoms with van der Waals surface area (Å²) in [7, 11) is 2.08. The van der Waals surface area contributed by atoms with E-state index >= 15 is 0 Å². The first-order valence-electron chi connectivity index (χ1n) is 8.01. The fourth-order valence-corrected chi connectivity index (χ4v) is 2.92. The van der Waals surface area contributed by atoms with E-state index in [9.17, 15) is 4.79 Å². The summed E-state index contributed by atoms with van der Waals surface area (Å²) >= 11 is 0. The first kappa shape index (κ1) is 15.8. The van der Waals surface area contributed by atoms with Crippen molar-refractivity contribution < 1.29 is 9.53 Å². The molecule has 0 radical (unpaired) electrons. The molecule has 1 fully saturated rings. The molecular weight excluding hydrogens is 290 g/mol. The fourth-order valence-electron chi connectivity index (χ4n) is 2.92. The van der Waals surface area contributed by atoms with Crippen molar-refractivity contribution >= 4 is 22.5 Å². The van der Waals surface area contributed by atoms with Crippen LogP contribution in [0.3, 0.4) is 0 Å². The third kappa shape index (κ3) is 4.21. The number of hydrogen-bond donors (Lipinski definition) is 2. The zero-order valence-electron chi connectivity index (χ0n) is 13.4. The van der Waals surface area contributed by atoms with Gasteiger partial charge in [-0.25, -0.2) is 4.79 Å². The molecule has 2 amide bonds. The molecule has 2 aromatic rings. The van der Waals surface area contributed by atoms with Crippen LogP contribution in [0.15, 0.2) is 42.5 Å². The number of rotatable bonds is 3. The average molecular weight is 313 g/mol. The SMILES string of the molecule is CN1CCOCC(CNC(=O)Nc2cccc3ccccc23)C1. The van der Waals surface area contributed by atoms with Crippen molar-refractivity contribution in [3.63, 3.8) is 0 Å². The molecule has 1 atom stereocenters. The molecule has 2 N–H and O–H groups in total. The number of ether oxygens (including phenoxy) is 1. The number of fused-ring (bicyclic) bond motifs is 1. The minimum absolute atomic E-state index is 0.173. The van der Waals surface area contributed by atoms with Gasteiger partial charge in [-0.2, -0.15) is 0 Å². The van der Waals surface area contributed by atoms with Gasteiger partial charge in [0, 0.05) is 30.9 Å². The number of nitrogens with one attached hydrogen (secondary N) is 2. The number of anilines is 1. The van der Waals surface area contributed by atoms with Crippen LogP contribution in [0, 0.1) is 5.92 Å². The summed E-state index contributed by atoms with van der Waals surface area (Å²) in [5.74, 6) is 0.320. The quantitative estimate of drug-likeness (QED) is 0.915. The highest BCUT2D eigenvalue weighted by Gasteiger charge is 2.17. The van der Waals surface area contributed by atoms with Gasteiger partial charge in [0.1, 0.15) is 0 Å². The summed E-state index contributed by atoms with van der Waals surface area (Å²) in [6, 6.07) is 13.8. The maximum absolute atomic E-state index is 12.2. The molecule has 3 rings (SSSR count). The van der Waals surface area contributed by atoms with Crippen molar-refractivity contribution in [1.29, 1.82) is 0 Å². The Balaban J connectivity index is 1.58. The van der Waals surface area contributed by atoms with Gasteiger partial charge >= 0.3 is 6.03 Å². The molecule has 23 heavy (non-hydrogen) atoms. The van der Waals surface area contributed by atoms with E-state index in [1.165, 1.54) is 0 Å². The summed E-state index contributed by atoms with van der Waals surface area (Å²) in [5, 5.41) is 8.06. The van der Waals surface area contributed by atoms with Crippen LogP contribution in [-0.4, -0.2) is 50.8 Å². The van der Waals surface area contributed by atoms with Crippen LogP contribution in [0.5, 0.6) is 0 Å². The molecular formula is C18H23N3O2. The van der Waals surface area contributed by atoms with Crippen molar-refractivity contribution in [3.8, 4) is 0 Å². The number of amides is 2. The first-order chi connectivity index (χ1) is 11.2. The third-order valence-electron chi connectivity index (χ3n) is 4.13. The zero-order chi connectivity index (χ0) is 16.1. The van der Waals surface area contributed by atoms with Crippen LogP contribution >= 0.6 is 0 Å². The Labute approximate surface area is 136 Å². The molecule has 2 aromatic carbocycles. The van der Waals surface area contributed by atoms with Gasteiger partial charge in [-0.3, -0.25) is 0 Å². The Morgan fingerprint density at radius 2 is 2.09 bits per heavy atom. The Bertz CT molecular complexity index is 669. The van der Waals surface area contributed by atoms with Gasteiger partial charge in [-0.15, -0.1) is 0 Å². The van der Waals surface area contributed by atoms with Crippen molar-refractivity contribution in [3.05, 3.63) is 42.5 Å². The average Bonchev–Trinajstić information content (AvgIpc) is 2.77. The second kappa shape index (κ2) is 7.44. The van der Waals surface area contributed by atoms with Gasteiger partial charge in [0.15, 0.2) is 0 Å². The van der Waals surface area contributed by atoms with Crippen molar-refractivity contribution in [2.24, 2.45) is 5.92 Å². The number of benzene rings is 2. The summed E-state index contributed by atoms with van der Waals surface area (Å²) < 4.78 is 5.57. The molecule has 5 heteroatoms. The van der Waals surface area contributed by atoms with Crippen LogP contribution in [0.1, 0.15) is 0 Å². The van der Waals surface area contributed by atoms with E-state index in [4.69, 9.17) is 4.74 Å². The van der Waals surface area contributed by atoms with Crippen LogP contribution in [0.4, 0.5) is 10.5 Å². The van der Waals surface area contributed by atoms with Crippen molar-refractivity contribution in [1.82, 2.24) is 10.2 Å². The molecule has 1 heterocycles. The highest BCUT2D eigenvalue weighted by molar-refractivity contribution is 6.01. The Morgan fingerprint density at radius 3 is 3.00 bits per heavy atom. The Kier molecular flexibility index (Phi) is 5.10. The van der Waals surface area contributed by atoms with Gasteiger partial charge in [0.2, 0.25) is 0 Å². The monoisotopic (exact) mass is 313 g/mol. The smallest absolute Gasteiger partial charge is 0.319 e. The largest absolute Gasteiger partial charge is 0.380 e. The molecule has 0 spiro atoms. The highest BCUT2D eigenvalue weighted by atomic mass is 16.5. The maximum Gasteiger partial charge on any atom is 0.319 e. The van der Waals surface area contributed by atoms with Gasteiger partial charge < -0.3 is 20.3 Å². The first-order valence-corrected chi connectivity index (χ1v) is 8.01. The summed E-state index contributed by atoms with van der Waals surface area (Å²) in [4.78, 5) is 14.4. The number of carbonyl (C=O) groups excluding carboxylic acids is 1. The van der Waals surface area contributed by atoms with Crippen LogP contribution in [0.25, 0.3) is 10.8 Å². The molecule has 1 aliphatic rings. The second-order valence-corrected chi connectivity index (χ2v) is 6.06. The van der Waals surface area contributed by atoms with Crippen LogP contribution in [0.2, 0.25) is 0 Å². The van der Waals surface area contributed by atoms with Crippen LogP contribution in [-0.2, 0) is 4.74 Å². The Morgan fingerprint density at radius 1 is 1.26 bits per heavy atom. The molecule has 0 bridgehead atoms. The Hall–Kier alpha value is -2.11. The minimum atomic E-state index is -0.173. The minimum Gasteiger partial charge on any atom is -0.380 e. The maximum atomic E-state index is 12.2. The van der Waals surface area contributed by atoms with E-state index in [0.717, 1.165) is 36.2 Å². The third-order valence-corrected chi connectivity index (χ3v) is 4.13. The number of urea groups is 1. The lowest BCUT2D eigenvalue weighted by Crippen LogP contribution is -2.37. The predicted octanol–water partition coefficient (Wildman–Crippen LogP) is 2.54. The summed E-state index contributed by atoms with van der Waals surface area (Å²) in [5.41, 5.74) is 0.829. The molecule has 1 saturated heterocycles. The fraction of sp³-hybridized carbons (Fsp3) is 0.389. The zero-order valence-corrected chi connectivity index (χ0v) is 13.4. The number of carbonyl (C=O) groups is 1. The predicted molar refractivity (Wildman–Crippen MR) is 92.8 cm³/mol. The van der Waals surface area contributed by atoms with Crippen LogP contribution < -0.4 is 10.6 Å². The van der Waals surface area contributed by atoms with Gasteiger partial charge in [-0.05, 0) is 18.5 Å². The second-order valence-electron chi connectivity index (χ2n) is 6.06. The van der Waals surface area contributed by atoms with E-state index in [1.54, 1.807) is 0 Å². The van der Waals surface area contributed by atoms with E-state index in [0.29, 0.717) is 19.1 Å². The van der Waals surface area contributed by atoms with Gasteiger partial charge in [0.25, 0.3) is 0 Å². The molecule has 0 aliphatic carbocycles. The van der Waals surface area contributed by atoms with E-state index < -0.39 is 0 Å². The lowest BCUT2D eigenvalue weighted by atomic mass is 10.1. The normalized spacial score (nSPS) is 19.3. The molecule has 1 unspecified atom stereocenters. The van der Waals surface area contributed by atoms with Gasteiger partial charge in [0.05, 0.1) is 18.9 Å². The molecule has 0 saturated carbocycles. The van der Waals surface area contributed by atoms with Crippen molar-refractivity contribution in [2.45, 2.75) is 0 Å². The van der Waals surface area contributed by atoms with E-state index in [2.05, 4.69) is 22.6 Å². The highest BCUT2D eigenvalue weighted by Crippen LogP contribution is 2.22. The standard InChI is InChI=1S/C18H23N3O2/c1-21-9-10-23-13-14(12-21)11-19-18(22)20-17-8-4-6-15-5-2-3-7-16(15)17/h2-8,14H,9-13H2,1H3,(H2,19,20,22). The topological polar surface area (TPSA) is 53.6 Å². The lowest BCUT2D eigenvalue weighted by Gasteiger charge is -2.19. The molecule has 1 aliphatic heterocycles. The van der Waals surface area contributed by atoms with Crippen molar-refractivity contribution in [2.75, 3.05) is 45.2 Å². The summed E-state index contributed by atoms with van der Waals surface area (Å²) in [6.07, 6.45) is 0. The number of nitrogens with zero attached hydrogens (tertiary/aromatic N) is 1. The summed E-state index contributed by atoms with van der Waals surface area (Å²) in [6.45, 7) is 3.95. The number of likely N-dealkylation sites (N-methyl/N-ethyl adjacent to an activating group) is 1. The lowest BCUT2D eigenvalue weighted by molar-refractivity contribution is 0.122. The van der Waals surface area contributed by atoms with E-state index in [1.807, 2.05) is 42.5 Å².